The number of carbonyl (C=O) groups is 1. The number of fused-ring (bicyclic) bond motifs is 1. The molecule has 6 heteroatoms. The molecule has 0 N–H and O–H groups in total. The number of aryl methyl sites for hydroxylation is 2. The first-order valence-electron chi connectivity index (χ1n) is 10.2. The number of nitrogens with zero attached hydrogens (tertiary/aromatic N) is 5. The van der Waals surface area contributed by atoms with Gasteiger partial charge in [0.15, 0.2) is 11.5 Å². The number of rotatable bonds is 2. The van der Waals surface area contributed by atoms with Gasteiger partial charge in [0, 0.05) is 48.6 Å². The van der Waals surface area contributed by atoms with Gasteiger partial charge >= 0.3 is 0 Å². The molecule has 130 valence electrons. The van der Waals surface area contributed by atoms with Gasteiger partial charge in [-0.15, -0.1) is 10.2 Å². The third-order valence-corrected chi connectivity index (χ3v) is 4.91. The summed E-state index contributed by atoms with van der Waals surface area (Å²) in [6.07, 6.45) is 4.24. The maximum Gasteiger partial charge on any atom is 0.274 e. The average molecular weight is 340 g/mol. The molecule has 2 aromatic rings. The fourth-order valence-electron chi connectivity index (χ4n) is 3.58. The van der Waals surface area contributed by atoms with Crippen LogP contribution in [0.15, 0.2) is 18.3 Å². The van der Waals surface area contributed by atoms with E-state index >= 15 is 0 Å². The van der Waals surface area contributed by atoms with Gasteiger partial charge in [-0.3, -0.25) is 9.78 Å². The van der Waals surface area contributed by atoms with Gasteiger partial charge in [0.25, 0.3) is 5.91 Å². The van der Waals surface area contributed by atoms with Gasteiger partial charge < -0.3 is 9.80 Å². The topological polar surface area (TPSA) is 62.2 Å². The van der Waals surface area contributed by atoms with Crippen molar-refractivity contribution < 1.29 is 8.91 Å². The highest BCUT2D eigenvalue weighted by atomic mass is 16.2. The summed E-state index contributed by atoms with van der Waals surface area (Å²) in [5.41, 5.74) is 3.35. The maximum atomic E-state index is 12.5. The second-order valence-electron chi connectivity index (χ2n) is 6.74. The van der Waals surface area contributed by atoms with Crippen LogP contribution in [0.1, 0.15) is 49.8 Å². The molecule has 25 heavy (non-hydrogen) atoms. The predicted octanol–water partition coefficient (Wildman–Crippen LogP) is 2.29. The van der Waals surface area contributed by atoms with Crippen LogP contribution in [0.3, 0.4) is 0 Å². The predicted molar refractivity (Wildman–Crippen MR) is 95.6 cm³/mol. The molecule has 1 saturated heterocycles. The van der Waals surface area contributed by atoms with Crippen LogP contribution in [0.5, 0.6) is 0 Å². The SMILES string of the molecule is [2H]C([2H])([2H])c1cnc2c(c1)CN(c1nnc(C(=O)N3CCCC3)cc1C)CC2. The third-order valence-electron chi connectivity index (χ3n) is 4.91. The fourth-order valence-corrected chi connectivity index (χ4v) is 3.58. The van der Waals surface area contributed by atoms with E-state index in [1.165, 1.54) is 6.20 Å². The lowest BCUT2D eigenvalue weighted by Gasteiger charge is -2.30. The summed E-state index contributed by atoms with van der Waals surface area (Å²) < 4.78 is 22.8. The molecular formula is C19H23N5O. The Morgan fingerprint density at radius 2 is 2.04 bits per heavy atom. The largest absolute Gasteiger partial charge is 0.350 e. The number of hydrogen-bond donors (Lipinski definition) is 0. The molecule has 6 nitrogen and oxygen atoms in total. The second-order valence-corrected chi connectivity index (χ2v) is 6.74. The van der Waals surface area contributed by atoms with Crippen molar-refractivity contribution in [3.63, 3.8) is 0 Å². The number of likely N-dealkylation sites (tertiary alicyclic amines) is 1. The molecule has 0 radical (unpaired) electrons. The van der Waals surface area contributed by atoms with Crippen LogP contribution >= 0.6 is 0 Å². The van der Waals surface area contributed by atoms with Gasteiger partial charge in [0.1, 0.15) is 0 Å². The van der Waals surface area contributed by atoms with Gasteiger partial charge in [-0.1, -0.05) is 6.07 Å². The van der Waals surface area contributed by atoms with Gasteiger partial charge in [-0.25, -0.2) is 0 Å². The number of carbonyl (C=O) groups excluding carboxylic acids is 1. The molecule has 0 aliphatic carbocycles. The van der Waals surface area contributed by atoms with E-state index in [0.29, 0.717) is 18.7 Å². The molecule has 0 bridgehead atoms. The van der Waals surface area contributed by atoms with E-state index in [4.69, 9.17) is 4.11 Å². The summed E-state index contributed by atoms with van der Waals surface area (Å²) in [5.74, 6) is 0.665. The first-order chi connectivity index (χ1) is 13.3. The van der Waals surface area contributed by atoms with Crippen molar-refractivity contribution >= 4 is 11.7 Å². The minimum Gasteiger partial charge on any atom is -0.350 e. The monoisotopic (exact) mass is 340 g/mol. The molecular weight excluding hydrogens is 314 g/mol. The summed E-state index contributed by atoms with van der Waals surface area (Å²) in [6.45, 7) is 2.57. The molecule has 1 fully saturated rings. The number of anilines is 1. The van der Waals surface area contributed by atoms with Crippen LogP contribution in [-0.2, 0) is 13.0 Å². The summed E-state index contributed by atoms with van der Waals surface area (Å²) in [7, 11) is 0. The fraction of sp³-hybridized carbons (Fsp3) is 0.474. The number of pyridine rings is 1. The van der Waals surface area contributed by atoms with E-state index in [2.05, 4.69) is 20.1 Å². The Kier molecular flexibility index (Phi) is 3.29. The zero-order valence-corrected chi connectivity index (χ0v) is 14.3. The van der Waals surface area contributed by atoms with Crippen molar-refractivity contribution in [3.05, 3.63) is 46.4 Å². The van der Waals surface area contributed by atoms with Crippen LogP contribution in [0.2, 0.25) is 0 Å². The summed E-state index contributed by atoms with van der Waals surface area (Å²) >= 11 is 0. The molecule has 0 unspecified atom stereocenters. The lowest BCUT2D eigenvalue weighted by Crippen LogP contribution is -2.33. The standard InChI is InChI=1S/C19H23N5O/c1-13-9-15-12-24(8-5-16(15)20-11-13)18-14(2)10-17(21-22-18)19(25)23-6-3-4-7-23/h9-11H,3-8,12H2,1-2H3/i1D3. The van der Waals surface area contributed by atoms with Crippen LogP contribution < -0.4 is 4.90 Å². The molecule has 2 aliphatic heterocycles. The van der Waals surface area contributed by atoms with E-state index in [9.17, 15) is 4.79 Å². The Balaban J connectivity index is 1.56. The van der Waals surface area contributed by atoms with Gasteiger partial charge in [-0.05, 0) is 49.4 Å². The molecule has 1 amide bonds. The van der Waals surface area contributed by atoms with Crippen LogP contribution in [-0.4, -0.2) is 45.6 Å². The normalized spacial score (nSPS) is 19.2. The van der Waals surface area contributed by atoms with Crippen molar-refractivity contribution in [1.29, 1.82) is 0 Å². The van der Waals surface area contributed by atoms with E-state index in [-0.39, 0.29) is 11.5 Å². The van der Waals surface area contributed by atoms with Crippen molar-refractivity contribution in [2.45, 2.75) is 39.6 Å². The molecule has 0 saturated carbocycles. The molecule has 4 rings (SSSR count). The number of aromatic nitrogens is 3. The van der Waals surface area contributed by atoms with Gasteiger partial charge in [-0.2, -0.15) is 0 Å². The highest BCUT2D eigenvalue weighted by Crippen LogP contribution is 2.25. The van der Waals surface area contributed by atoms with Crippen molar-refractivity contribution in [1.82, 2.24) is 20.1 Å². The molecule has 0 atom stereocenters. The maximum absolute atomic E-state index is 12.5. The highest BCUT2D eigenvalue weighted by Gasteiger charge is 2.24. The Morgan fingerprint density at radius 3 is 2.80 bits per heavy atom. The minimum atomic E-state index is -2.17. The van der Waals surface area contributed by atoms with Crippen molar-refractivity contribution in [2.24, 2.45) is 0 Å². The van der Waals surface area contributed by atoms with Crippen LogP contribution in [0.25, 0.3) is 0 Å². The van der Waals surface area contributed by atoms with Crippen molar-refractivity contribution in [2.75, 3.05) is 24.5 Å². The zero-order valence-electron chi connectivity index (χ0n) is 17.3. The van der Waals surface area contributed by atoms with Crippen LogP contribution in [0.4, 0.5) is 5.82 Å². The molecule has 4 heterocycles. The second kappa shape index (κ2) is 6.43. The summed E-state index contributed by atoms with van der Waals surface area (Å²) in [4.78, 5) is 20.8. The van der Waals surface area contributed by atoms with Crippen LogP contribution in [0, 0.1) is 13.8 Å². The summed E-state index contributed by atoms with van der Waals surface area (Å²) in [5, 5.41) is 8.52. The molecule has 0 aromatic carbocycles. The molecule has 0 spiro atoms. The Bertz CT molecular complexity index is 909. The summed E-state index contributed by atoms with van der Waals surface area (Å²) in [6, 6.07) is 3.52. The molecule has 2 aliphatic rings. The minimum absolute atomic E-state index is 0.0600. The van der Waals surface area contributed by atoms with E-state index in [0.717, 1.165) is 55.1 Å². The lowest BCUT2D eigenvalue weighted by molar-refractivity contribution is 0.0785. The lowest BCUT2D eigenvalue weighted by atomic mass is 10.0. The Hall–Kier alpha value is -2.50. The first kappa shape index (κ1) is 12.8. The first-order valence-corrected chi connectivity index (χ1v) is 8.70. The smallest absolute Gasteiger partial charge is 0.274 e. The average Bonchev–Trinajstić information content (AvgIpc) is 3.20. The Morgan fingerprint density at radius 1 is 1.20 bits per heavy atom. The zero-order chi connectivity index (χ0) is 19.9. The van der Waals surface area contributed by atoms with E-state index < -0.39 is 6.85 Å². The van der Waals surface area contributed by atoms with Gasteiger partial charge in [0.05, 0.1) is 0 Å². The third kappa shape index (κ3) is 3.08. The Labute approximate surface area is 152 Å². The number of hydrogen-bond acceptors (Lipinski definition) is 5. The quantitative estimate of drug-likeness (QED) is 0.839. The van der Waals surface area contributed by atoms with E-state index in [1.54, 1.807) is 12.1 Å². The molecule has 2 aromatic heterocycles. The van der Waals surface area contributed by atoms with Crippen molar-refractivity contribution in [3.8, 4) is 0 Å². The van der Waals surface area contributed by atoms with E-state index in [1.807, 2.05) is 11.8 Å². The highest BCUT2D eigenvalue weighted by molar-refractivity contribution is 5.92. The number of amides is 1. The van der Waals surface area contributed by atoms with Gasteiger partial charge in [0.2, 0.25) is 0 Å².